The van der Waals surface area contributed by atoms with Gasteiger partial charge in [0.05, 0.1) is 12.2 Å². The number of aromatic nitrogens is 2. The maximum atomic E-state index is 11.0. The van der Waals surface area contributed by atoms with Gasteiger partial charge in [0.25, 0.3) is 5.91 Å². The molecule has 5 nitrogen and oxygen atoms in total. The molecule has 0 bridgehead atoms. The number of aryl methyl sites for hydroxylation is 1. The van der Waals surface area contributed by atoms with Gasteiger partial charge >= 0.3 is 0 Å². The Morgan fingerprint density at radius 1 is 1.41 bits per heavy atom. The number of nitrogens with zero attached hydrogens (tertiary/aromatic N) is 2. The zero-order chi connectivity index (χ0) is 12.4. The van der Waals surface area contributed by atoms with Crippen LogP contribution in [0.25, 0.3) is 0 Å². The fraction of sp³-hybridized carbons (Fsp3) is 0.167. The molecule has 1 heterocycles. The van der Waals surface area contributed by atoms with Crippen LogP contribution in [0, 0.1) is 6.92 Å². The van der Waals surface area contributed by atoms with Gasteiger partial charge in [0.1, 0.15) is 0 Å². The highest BCUT2D eigenvalue weighted by Crippen LogP contribution is 2.12. The third-order valence-corrected chi connectivity index (χ3v) is 2.62. The second-order valence-corrected chi connectivity index (χ2v) is 3.92. The highest BCUT2D eigenvalue weighted by molar-refractivity contribution is 5.95. The van der Waals surface area contributed by atoms with E-state index in [2.05, 4.69) is 5.10 Å². The second-order valence-electron chi connectivity index (χ2n) is 3.92. The Bertz CT molecular complexity index is 559. The van der Waals surface area contributed by atoms with Crippen LogP contribution < -0.4 is 11.5 Å². The van der Waals surface area contributed by atoms with Crippen molar-refractivity contribution in [2.75, 3.05) is 5.73 Å². The first kappa shape index (κ1) is 11.2. The van der Waals surface area contributed by atoms with Crippen LogP contribution in [0.1, 0.15) is 21.6 Å². The van der Waals surface area contributed by atoms with Gasteiger partial charge in [-0.05, 0) is 18.1 Å². The van der Waals surface area contributed by atoms with Crippen molar-refractivity contribution in [2.45, 2.75) is 13.5 Å². The predicted octanol–water partition coefficient (Wildman–Crippen LogP) is 0.921. The summed E-state index contributed by atoms with van der Waals surface area (Å²) in [5, 5.41) is 4.06. The lowest BCUT2D eigenvalue weighted by Crippen LogP contribution is -2.14. The molecule has 1 aromatic heterocycles. The minimum Gasteiger partial charge on any atom is -0.396 e. The molecule has 88 valence electrons. The fourth-order valence-electron chi connectivity index (χ4n) is 1.67. The standard InChI is InChI=1S/C12H14N4O/c1-8-4-2-3-5-9(8)6-16-7-10(13)11(15-16)12(14)17/h2-5,7H,6,13H2,1H3,(H2,14,17). The SMILES string of the molecule is Cc1ccccc1Cn1cc(N)c(C(N)=O)n1. The lowest BCUT2D eigenvalue weighted by atomic mass is 10.1. The van der Waals surface area contributed by atoms with Gasteiger partial charge in [0.15, 0.2) is 5.69 Å². The third-order valence-electron chi connectivity index (χ3n) is 2.62. The molecule has 0 aliphatic heterocycles. The minimum absolute atomic E-state index is 0.124. The number of primary amides is 1. The summed E-state index contributed by atoms with van der Waals surface area (Å²) < 4.78 is 1.62. The summed E-state index contributed by atoms with van der Waals surface area (Å²) in [4.78, 5) is 11.0. The van der Waals surface area contributed by atoms with E-state index < -0.39 is 5.91 Å². The first-order valence-electron chi connectivity index (χ1n) is 5.25. The van der Waals surface area contributed by atoms with Crippen LogP contribution in [0.3, 0.4) is 0 Å². The Kier molecular flexibility index (Phi) is 2.82. The number of nitrogen functional groups attached to an aromatic ring is 1. The minimum atomic E-state index is -0.606. The van der Waals surface area contributed by atoms with Crippen molar-refractivity contribution in [2.24, 2.45) is 5.73 Å². The highest BCUT2D eigenvalue weighted by atomic mass is 16.1. The van der Waals surface area contributed by atoms with Crippen molar-refractivity contribution in [3.63, 3.8) is 0 Å². The molecule has 1 aromatic carbocycles. The monoisotopic (exact) mass is 230 g/mol. The summed E-state index contributed by atoms with van der Waals surface area (Å²) in [5.74, 6) is -0.606. The zero-order valence-electron chi connectivity index (χ0n) is 9.55. The Balaban J connectivity index is 2.28. The molecule has 0 radical (unpaired) electrons. The number of carbonyl (C=O) groups is 1. The normalized spacial score (nSPS) is 10.4. The molecular weight excluding hydrogens is 216 g/mol. The third kappa shape index (κ3) is 2.28. The lowest BCUT2D eigenvalue weighted by molar-refractivity contribution is 0.0995. The summed E-state index contributed by atoms with van der Waals surface area (Å²) in [6.07, 6.45) is 1.62. The molecule has 2 aromatic rings. The predicted molar refractivity (Wildman–Crippen MR) is 65.4 cm³/mol. The quantitative estimate of drug-likeness (QED) is 0.822. The molecule has 0 fully saturated rings. The maximum absolute atomic E-state index is 11.0. The molecule has 17 heavy (non-hydrogen) atoms. The van der Waals surface area contributed by atoms with Crippen molar-refractivity contribution in [3.05, 3.63) is 47.3 Å². The summed E-state index contributed by atoms with van der Waals surface area (Å²) >= 11 is 0. The lowest BCUT2D eigenvalue weighted by Gasteiger charge is -2.04. The molecule has 0 aliphatic rings. The number of rotatable bonds is 3. The van der Waals surface area contributed by atoms with Crippen molar-refractivity contribution < 1.29 is 4.79 Å². The maximum Gasteiger partial charge on any atom is 0.271 e. The smallest absolute Gasteiger partial charge is 0.271 e. The van der Waals surface area contributed by atoms with Gasteiger partial charge in [0, 0.05) is 6.20 Å². The molecule has 0 unspecified atom stereocenters. The molecule has 1 amide bonds. The Morgan fingerprint density at radius 3 is 2.71 bits per heavy atom. The van der Waals surface area contributed by atoms with Crippen LogP contribution in [-0.4, -0.2) is 15.7 Å². The van der Waals surface area contributed by atoms with Gasteiger partial charge in [-0.15, -0.1) is 0 Å². The van der Waals surface area contributed by atoms with Gasteiger partial charge in [-0.1, -0.05) is 24.3 Å². The van der Waals surface area contributed by atoms with Crippen molar-refractivity contribution in [1.82, 2.24) is 9.78 Å². The molecule has 0 spiro atoms. The van der Waals surface area contributed by atoms with E-state index in [1.165, 1.54) is 5.56 Å². The van der Waals surface area contributed by atoms with E-state index in [4.69, 9.17) is 11.5 Å². The van der Waals surface area contributed by atoms with E-state index in [1.54, 1.807) is 10.9 Å². The van der Waals surface area contributed by atoms with Crippen molar-refractivity contribution >= 4 is 11.6 Å². The number of hydrogen-bond acceptors (Lipinski definition) is 3. The Hall–Kier alpha value is -2.30. The van der Waals surface area contributed by atoms with Gasteiger partial charge < -0.3 is 11.5 Å². The van der Waals surface area contributed by atoms with Crippen LogP contribution in [-0.2, 0) is 6.54 Å². The summed E-state index contributed by atoms with van der Waals surface area (Å²) in [7, 11) is 0. The van der Waals surface area contributed by atoms with E-state index in [0.29, 0.717) is 12.2 Å². The van der Waals surface area contributed by atoms with Crippen molar-refractivity contribution in [3.8, 4) is 0 Å². The van der Waals surface area contributed by atoms with Crippen molar-refractivity contribution in [1.29, 1.82) is 0 Å². The molecule has 0 saturated carbocycles. The number of amides is 1. The van der Waals surface area contributed by atoms with Gasteiger partial charge in [0.2, 0.25) is 0 Å². The van der Waals surface area contributed by atoms with Crippen LogP contribution in [0.5, 0.6) is 0 Å². The van der Waals surface area contributed by atoms with E-state index in [9.17, 15) is 4.79 Å². The van der Waals surface area contributed by atoms with Crippen LogP contribution in [0.15, 0.2) is 30.5 Å². The largest absolute Gasteiger partial charge is 0.396 e. The molecule has 0 saturated heterocycles. The topological polar surface area (TPSA) is 86.9 Å². The van der Waals surface area contributed by atoms with Crippen LogP contribution in [0.4, 0.5) is 5.69 Å². The first-order chi connectivity index (χ1) is 8.08. The van der Waals surface area contributed by atoms with E-state index in [0.717, 1.165) is 5.56 Å². The number of carbonyl (C=O) groups excluding carboxylic acids is 1. The average Bonchev–Trinajstić information content (AvgIpc) is 2.63. The summed E-state index contributed by atoms with van der Waals surface area (Å²) in [5.41, 5.74) is 13.5. The van der Waals surface area contributed by atoms with Crippen LogP contribution >= 0.6 is 0 Å². The molecule has 5 heteroatoms. The molecule has 4 N–H and O–H groups in total. The highest BCUT2D eigenvalue weighted by Gasteiger charge is 2.11. The van der Waals surface area contributed by atoms with E-state index in [-0.39, 0.29) is 5.69 Å². The number of benzene rings is 1. The zero-order valence-corrected chi connectivity index (χ0v) is 9.55. The Morgan fingerprint density at radius 2 is 2.12 bits per heavy atom. The van der Waals surface area contributed by atoms with Gasteiger partial charge in [-0.3, -0.25) is 9.48 Å². The molecule has 0 atom stereocenters. The molecule has 0 aliphatic carbocycles. The van der Waals surface area contributed by atoms with E-state index >= 15 is 0 Å². The first-order valence-corrected chi connectivity index (χ1v) is 5.25. The average molecular weight is 230 g/mol. The van der Waals surface area contributed by atoms with Crippen LogP contribution in [0.2, 0.25) is 0 Å². The van der Waals surface area contributed by atoms with E-state index in [1.807, 2.05) is 31.2 Å². The summed E-state index contributed by atoms with van der Waals surface area (Å²) in [6.45, 7) is 2.60. The fourth-order valence-corrected chi connectivity index (χ4v) is 1.67. The number of hydrogen-bond donors (Lipinski definition) is 2. The summed E-state index contributed by atoms with van der Waals surface area (Å²) in [6, 6.07) is 7.98. The molecule has 2 rings (SSSR count). The number of anilines is 1. The molecular formula is C12H14N4O. The number of nitrogens with two attached hydrogens (primary N) is 2. The van der Waals surface area contributed by atoms with Gasteiger partial charge in [-0.25, -0.2) is 0 Å². The Labute approximate surface area is 99.0 Å². The second kappa shape index (κ2) is 4.29. The van der Waals surface area contributed by atoms with Gasteiger partial charge in [-0.2, -0.15) is 5.10 Å².